The van der Waals surface area contributed by atoms with E-state index in [1.807, 2.05) is 43.5 Å². The second-order valence-electron chi connectivity index (χ2n) is 6.29. The molecule has 0 saturated heterocycles. The summed E-state index contributed by atoms with van der Waals surface area (Å²) in [5, 5.41) is 4.16. The van der Waals surface area contributed by atoms with E-state index in [9.17, 15) is 0 Å². The molecule has 5 heteroatoms. The Morgan fingerprint density at radius 3 is 2.76 bits per heavy atom. The summed E-state index contributed by atoms with van der Waals surface area (Å²) >= 11 is 5.78. The number of para-hydroxylation sites is 2. The van der Waals surface area contributed by atoms with Crippen LogP contribution in [0.5, 0.6) is 5.75 Å². The van der Waals surface area contributed by atoms with Gasteiger partial charge in [0.15, 0.2) is 5.11 Å². The Morgan fingerprint density at radius 1 is 1.24 bits per heavy atom. The molecule has 1 heterocycles. The SMILES string of the molecule is CCOc1ccccc1NC(=S)N(Cc1cccnc1)C1CCCC1. The first-order chi connectivity index (χ1) is 12.3. The van der Waals surface area contributed by atoms with Gasteiger partial charge in [0.05, 0.1) is 12.3 Å². The summed E-state index contributed by atoms with van der Waals surface area (Å²) < 4.78 is 5.71. The lowest BCUT2D eigenvalue weighted by Gasteiger charge is -2.32. The summed E-state index contributed by atoms with van der Waals surface area (Å²) in [7, 11) is 0. The number of nitrogens with zero attached hydrogens (tertiary/aromatic N) is 2. The summed E-state index contributed by atoms with van der Waals surface area (Å²) in [6, 6.07) is 12.5. The van der Waals surface area contributed by atoms with Crippen LogP contribution < -0.4 is 10.1 Å². The molecular weight excluding hydrogens is 330 g/mol. The molecule has 25 heavy (non-hydrogen) atoms. The predicted octanol–water partition coefficient (Wildman–Crippen LogP) is 4.62. The van der Waals surface area contributed by atoms with Gasteiger partial charge in [-0.1, -0.05) is 31.0 Å². The molecule has 1 aliphatic carbocycles. The van der Waals surface area contributed by atoms with Gasteiger partial charge < -0.3 is 15.0 Å². The highest BCUT2D eigenvalue weighted by molar-refractivity contribution is 7.80. The van der Waals surface area contributed by atoms with Gasteiger partial charge in [-0.15, -0.1) is 0 Å². The van der Waals surface area contributed by atoms with E-state index in [2.05, 4.69) is 21.3 Å². The molecule has 132 valence electrons. The van der Waals surface area contributed by atoms with E-state index < -0.39 is 0 Å². The Balaban J connectivity index is 1.77. The topological polar surface area (TPSA) is 37.4 Å². The minimum absolute atomic E-state index is 0.486. The Bertz CT molecular complexity index is 686. The molecule has 0 amide bonds. The van der Waals surface area contributed by atoms with Gasteiger partial charge in [0.1, 0.15) is 5.75 Å². The van der Waals surface area contributed by atoms with Gasteiger partial charge in [-0.05, 0) is 55.7 Å². The quantitative estimate of drug-likeness (QED) is 0.765. The molecule has 1 saturated carbocycles. The zero-order valence-corrected chi connectivity index (χ0v) is 15.5. The molecule has 1 fully saturated rings. The summed E-state index contributed by atoms with van der Waals surface area (Å²) in [4.78, 5) is 6.54. The number of nitrogens with one attached hydrogen (secondary N) is 1. The van der Waals surface area contributed by atoms with E-state index in [-0.39, 0.29) is 0 Å². The lowest BCUT2D eigenvalue weighted by atomic mass is 10.2. The van der Waals surface area contributed by atoms with Crippen molar-refractivity contribution in [2.45, 2.75) is 45.2 Å². The predicted molar refractivity (Wildman–Crippen MR) is 106 cm³/mol. The maximum atomic E-state index is 5.78. The van der Waals surface area contributed by atoms with E-state index in [0.717, 1.165) is 23.1 Å². The molecule has 0 aliphatic heterocycles. The lowest BCUT2D eigenvalue weighted by Crippen LogP contribution is -2.41. The van der Waals surface area contributed by atoms with Crippen LogP contribution in [0.3, 0.4) is 0 Å². The molecule has 0 radical (unpaired) electrons. The number of hydrogen-bond donors (Lipinski definition) is 1. The Morgan fingerprint density at radius 2 is 2.04 bits per heavy atom. The molecule has 1 aromatic carbocycles. The van der Waals surface area contributed by atoms with Crippen LogP contribution in [0.4, 0.5) is 5.69 Å². The Kier molecular flexibility index (Phi) is 6.23. The van der Waals surface area contributed by atoms with Crippen molar-refractivity contribution in [1.82, 2.24) is 9.88 Å². The van der Waals surface area contributed by atoms with Crippen LogP contribution in [0, 0.1) is 0 Å². The number of aromatic nitrogens is 1. The van der Waals surface area contributed by atoms with Gasteiger partial charge in [0.25, 0.3) is 0 Å². The number of rotatable bonds is 6. The van der Waals surface area contributed by atoms with E-state index in [1.165, 1.54) is 31.2 Å². The van der Waals surface area contributed by atoms with Crippen LogP contribution in [0.25, 0.3) is 0 Å². The van der Waals surface area contributed by atoms with Crippen molar-refractivity contribution in [3.63, 3.8) is 0 Å². The number of benzene rings is 1. The number of pyridine rings is 1. The third-order valence-corrected chi connectivity index (χ3v) is 4.87. The van der Waals surface area contributed by atoms with Crippen molar-refractivity contribution in [1.29, 1.82) is 0 Å². The van der Waals surface area contributed by atoms with Crippen molar-refractivity contribution >= 4 is 23.0 Å². The average molecular weight is 356 g/mol. The summed E-state index contributed by atoms with van der Waals surface area (Å²) in [5.41, 5.74) is 2.10. The fourth-order valence-corrected chi connectivity index (χ4v) is 3.63. The van der Waals surface area contributed by atoms with Crippen LogP contribution in [0.15, 0.2) is 48.8 Å². The maximum absolute atomic E-state index is 5.78. The van der Waals surface area contributed by atoms with Gasteiger partial charge in [0, 0.05) is 25.0 Å². The van der Waals surface area contributed by atoms with E-state index in [1.54, 1.807) is 6.20 Å². The summed E-state index contributed by atoms with van der Waals surface area (Å²) in [5.74, 6) is 0.833. The van der Waals surface area contributed by atoms with Crippen LogP contribution in [-0.2, 0) is 6.54 Å². The van der Waals surface area contributed by atoms with Gasteiger partial charge >= 0.3 is 0 Å². The minimum Gasteiger partial charge on any atom is -0.492 e. The number of hydrogen-bond acceptors (Lipinski definition) is 3. The molecule has 0 bridgehead atoms. The molecule has 0 atom stereocenters. The van der Waals surface area contributed by atoms with Gasteiger partial charge in [-0.2, -0.15) is 0 Å². The minimum atomic E-state index is 0.486. The second kappa shape index (κ2) is 8.81. The Labute approximate surface area is 155 Å². The smallest absolute Gasteiger partial charge is 0.174 e. The van der Waals surface area contributed by atoms with Crippen molar-refractivity contribution in [3.8, 4) is 5.75 Å². The first-order valence-corrected chi connectivity index (χ1v) is 9.37. The summed E-state index contributed by atoms with van der Waals surface area (Å²) in [6.45, 7) is 3.40. The fraction of sp³-hybridized carbons (Fsp3) is 0.400. The molecule has 1 aliphatic rings. The normalized spacial score (nSPS) is 14.3. The molecule has 1 N–H and O–H groups in total. The largest absolute Gasteiger partial charge is 0.492 e. The molecule has 2 aromatic rings. The molecule has 1 aromatic heterocycles. The zero-order chi connectivity index (χ0) is 17.5. The zero-order valence-electron chi connectivity index (χ0n) is 14.6. The fourth-order valence-electron chi connectivity index (χ4n) is 3.31. The first-order valence-electron chi connectivity index (χ1n) is 8.96. The highest BCUT2D eigenvalue weighted by Crippen LogP contribution is 2.28. The van der Waals surface area contributed by atoms with Crippen LogP contribution in [0.2, 0.25) is 0 Å². The number of thiocarbonyl (C=S) groups is 1. The second-order valence-corrected chi connectivity index (χ2v) is 6.67. The van der Waals surface area contributed by atoms with Crippen molar-refractivity contribution in [2.24, 2.45) is 0 Å². The molecule has 4 nitrogen and oxygen atoms in total. The first kappa shape index (κ1) is 17.7. The van der Waals surface area contributed by atoms with Crippen LogP contribution in [-0.4, -0.2) is 27.6 Å². The van der Waals surface area contributed by atoms with E-state index >= 15 is 0 Å². The van der Waals surface area contributed by atoms with E-state index in [0.29, 0.717) is 12.6 Å². The third kappa shape index (κ3) is 4.69. The average Bonchev–Trinajstić information content (AvgIpc) is 3.17. The molecule has 3 rings (SSSR count). The van der Waals surface area contributed by atoms with Gasteiger partial charge in [-0.25, -0.2) is 0 Å². The lowest BCUT2D eigenvalue weighted by molar-refractivity contribution is 0.311. The van der Waals surface area contributed by atoms with Crippen LogP contribution in [0.1, 0.15) is 38.2 Å². The number of anilines is 1. The maximum Gasteiger partial charge on any atom is 0.174 e. The van der Waals surface area contributed by atoms with E-state index in [4.69, 9.17) is 17.0 Å². The standard InChI is InChI=1S/C20H25N3OS/c1-2-24-19-12-6-5-11-18(19)22-20(25)23(17-9-3-4-10-17)15-16-8-7-13-21-14-16/h5-8,11-14,17H,2-4,9-10,15H2,1H3,(H,22,25). The third-order valence-electron chi connectivity index (χ3n) is 4.53. The highest BCUT2D eigenvalue weighted by Gasteiger charge is 2.25. The van der Waals surface area contributed by atoms with Crippen LogP contribution >= 0.6 is 12.2 Å². The van der Waals surface area contributed by atoms with Crippen molar-refractivity contribution < 1.29 is 4.74 Å². The highest BCUT2D eigenvalue weighted by atomic mass is 32.1. The molecular formula is C20H25N3OS. The number of ether oxygens (including phenoxy) is 1. The summed E-state index contributed by atoms with van der Waals surface area (Å²) in [6.07, 6.45) is 8.64. The van der Waals surface area contributed by atoms with Crippen molar-refractivity contribution in [2.75, 3.05) is 11.9 Å². The molecule has 0 unspecified atom stereocenters. The molecule has 0 spiro atoms. The Hall–Kier alpha value is -2.14. The van der Waals surface area contributed by atoms with Crippen molar-refractivity contribution in [3.05, 3.63) is 54.4 Å². The van der Waals surface area contributed by atoms with Gasteiger partial charge in [-0.3, -0.25) is 4.98 Å². The monoisotopic (exact) mass is 355 g/mol. The van der Waals surface area contributed by atoms with Gasteiger partial charge in [0.2, 0.25) is 0 Å².